The van der Waals surface area contributed by atoms with E-state index in [2.05, 4.69) is 5.32 Å². The number of benzene rings is 1. The van der Waals surface area contributed by atoms with Gasteiger partial charge in [0.25, 0.3) is 0 Å². The highest BCUT2D eigenvalue weighted by atomic mass is 19.4. The van der Waals surface area contributed by atoms with E-state index in [1.165, 1.54) is 0 Å². The SMILES string of the molecule is Fc1ccc(NCCCC(F)(F)F)cc1C(F)(F)F. The summed E-state index contributed by atoms with van der Waals surface area (Å²) in [6, 6.07) is 2.19. The molecule has 1 N–H and O–H groups in total. The zero-order valence-electron chi connectivity index (χ0n) is 9.50. The highest BCUT2D eigenvalue weighted by Crippen LogP contribution is 2.33. The van der Waals surface area contributed by atoms with Crippen molar-refractivity contribution in [2.24, 2.45) is 0 Å². The molecule has 0 aromatic heterocycles. The van der Waals surface area contributed by atoms with E-state index < -0.39 is 30.2 Å². The van der Waals surface area contributed by atoms with Crippen LogP contribution in [0, 0.1) is 5.82 Å². The molecule has 0 saturated carbocycles. The minimum absolute atomic E-state index is 0.0732. The van der Waals surface area contributed by atoms with Crippen LogP contribution in [0.4, 0.5) is 36.4 Å². The van der Waals surface area contributed by atoms with Crippen molar-refractivity contribution < 1.29 is 30.7 Å². The van der Waals surface area contributed by atoms with Crippen molar-refractivity contribution in [3.8, 4) is 0 Å². The highest BCUT2D eigenvalue weighted by molar-refractivity contribution is 5.47. The first-order valence-electron chi connectivity index (χ1n) is 5.27. The van der Waals surface area contributed by atoms with Gasteiger partial charge in [0, 0.05) is 18.7 Å². The second-order valence-electron chi connectivity index (χ2n) is 3.84. The third kappa shape index (κ3) is 5.35. The molecule has 0 aliphatic carbocycles. The molecule has 1 aromatic rings. The summed E-state index contributed by atoms with van der Waals surface area (Å²) in [7, 11) is 0. The Balaban J connectivity index is 2.61. The predicted molar refractivity (Wildman–Crippen MR) is 55.2 cm³/mol. The molecule has 0 heterocycles. The van der Waals surface area contributed by atoms with Crippen LogP contribution in [-0.4, -0.2) is 12.7 Å². The summed E-state index contributed by atoms with van der Waals surface area (Å²) in [4.78, 5) is 0. The topological polar surface area (TPSA) is 12.0 Å². The lowest BCUT2D eigenvalue weighted by atomic mass is 10.1. The zero-order valence-corrected chi connectivity index (χ0v) is 9.50. The van der Waals surface area contributed by atoms with E-state index in [1.54, 1.807) is 0 Å². The summed E-state index contributed by atoms with van der Waals surface area (Å²) < 4.78 is 85.5. The van der Waals surface area contributed by atoms with E-state index >= 15 is 0 Å². The summed E-state index contributed by atoms with van der Waals surface area (Å²) >= 11 is 0. The highest BCUT2D eigenvalue weighted by Gasteiger charge is 2.34. The van der Waals surface area contributed by atoms with E-state index in [4.69, 9.17) is 0 Å². The molecule has 1 nitrogen and oxygen atoms in total. The van der Waals surface area contributed by atoms with Crippen LogP contribution in [-0.2, 0) is 6.18 Å². The van der Waals surface area contributed by atoms with Crippen molar-refractivity contribution in [1.82, 2.24) is 0 Å². The Bertz CT molecular complexity index is 422. The third-order valence-electron chi connectivity index (χ3n) is 2.24. The first-order valence-corrected chi connectivity index (χ1v) is 5.27. The van der Waals surface area contributed by atoms with Crippen LogP contribution in [0.5, 0.6) is 0 Å². The lowest BCUT2D eigenvalue weighted by Crippen LogP contribution is -2.12. The number of hydrogen-bond acceptors (Lipinski definition) is 1. The molecule has 0 radical (unpaired) electrons. The van der Waals surface area contributed by atoms with Crippen LogP contribution in [0.2, 0.25) is 0 Å². The predicted octanol–water partition coefficient (Wildman–Crippen LogP) is 4.60. The first-order chi connectivity index (χ1) is 8.59. The summed E-state index contributed by atoms with van der Waals surface area (Å²) in [6.07, 6.45) is -10.5. The summed E-state index contributed by atoms with van der Waals surface area (Å²) in [5.74, 6) is -1.42. The van der Waals surface area contributed by atoms with Crippen LogP contribution in [0.25, 0.3) is 0 Å². The van der Waals surface area contributed by atoms with Gasteiger partial charge in [-0.25, -0.2) is 4.39 Å². The van der Waals surface area contributed by atoms with Crippen LogP contribution in [0.3, 0.4) is 0 Å². The third-order valence-corrected chi connectivity index (χ3v) is 2.24. The molecule has 0 atom stereocenters. The minimum atomic E-state index is -4.84. The minimum Gasteiger partial charge on any atom is -0.385 e. The summed E-state index contributed by atoms with van der Waals surface area (Å²) in [6.45, 7) is -0.150. The van der Waals surface area contributed by atoms with Gasteiger partial charge < -0.3 is 5.32 Å². The second kappa shape index (κ2) is 5.66. The monoisotopic (exact) mass is 289 g/mol. The van der Waals surface area contributed by atoms with Crippen molar-refractivity contribution in [1.29, 1.82) is 0 Å². The van der Waals surface area contributed by atoms with Gasteiger partial charge in [-0.1, -0.05) is 0 Å². The molecule has 0 bridgehead atoms. The molecule has 1 rings (SSSR count). The molecular formula is C11H10F7N. The maximum atomic E-state index is 12.9. The summed E-state index contributed by atoms with van der Waals surface area (Å²) in [5, 5.41) is 2.39. The summed E-state index contributed by atoms with van der Waals surface area (Å²) in [5.41, 5.74) is -1.52. The average molecular weight is 289 g/mol. The number of alkyl halides is 6. The molecule has 19 heavy (non-hydrogen) atoms. The van der Waals surface area contributed by atoms with Gasteiger partial charge in [0.1, 0.15) is 5.82 Å². The molecule has 0 spiro atoms. The average Bonchev–Trinajstić information content (AvgIpc) is 2.23. The molecule has 0 saturated heterocycles. The van der Waals surface area contributed by atoms with E-state index in [1.807, 2.05) is 0 Å². The number of nitrogens with one attached hydrogen (secondary N) is 1. The number of halogens is 7. The largest absolute Gasteiger partial charge is 0.419 e. The molecular weight excluding hydrogens is 279 g/mol. The zero-order chi connectivity index (χ0) is 14.7. The van der Waals surface area contributed by atoms with Gasteiger partial charge in [0.2, 0.25) is 0 Å². The molecule has 0 aliphatic rings. The van der Waals surface area contributed by atoms with Gasteiger partial charge in [0.15, 0.2) is 0 Å². The first kappa shape index (κ1) is 15.6. The molecule has 0 aliphatic heterocycles. The Morgan fingerprint density at radius 3 is 2.16 bits per heavy atom. The van der Waals surface area contributed by atoms with E-state index in [0.29, 0.717) is 12.1 Å². The van der Waals surface area contributed by atoms with Crippen LogP contribution >= 0.6 is 0 Å². The molecule has 0 fully saturated rings. The van der Waals surface area contributed by atoms with Crippen molar-refractivity contribution in [3.63, 3.8) is 0 Å². The molecule has 108 valence electrons. The number of rotatable bonds is 4. The van der Waals surface area contributed by atoms with Crippen molar-refractivity contribution >= 4 is 5.69 Å². The smallest absolute Gasteiger partial charge is 0.385 e. The Morgan fingerprint density at radius 1 is 1.00 bits per heavy atom. The standard InChI is InChI=1S/C11H10F7N/c12-9-3-2-7(6-8(9)11(16,17)18)19-5-1-4-10(13,14)15/h2-3,6,19H,1,4-5H2. The van der Waals surface area contributed by atoms with Crippen LogP contribution < -0.4 is 5.32 Å². The van der Waals surface area contributed by atoms with Gasteiger partial charge in [0.05, 0.1) is 5.56 Å². The Hall–Kier alpha value is -1.47. The van der Waals surface area contributed by atoms with E-state index in [0.717, 1.165) is 6.07 Å². The van der Waals surface area contributed by atoms with Crippen LogP contribution in [0.15, 0.2) is 18.2 Å². The fourth-order valence-corrected chi connectivity index (χ4v) is 1.37. The van der Waals surface area contributed by atoms with Gasteiger partial charge in [-0.3, -0.25) is 0 Å². The van der Waals surface area contributed by atoms with E-state index in [-0.39, 0.29) is 18.7 Å². The molecule has 1 aromatic carbocycles. The van der Waals surface area contributed by atoms with Gasteiger partial charge in [-0.05, 0) is 24.6 Å². The Labute approximate surface area is 104 Å². The lowest BCUT2D eigenvalue weighted by Gasteiger charge is -2.12. The van der Waals surface area contributed by atoms with Crippen LogP contribution in [0.1, 0.15) is 18.4 Å². The van der Waals surface area contributed by atoms with Gasteiger partial charge in [-0.2, -0.15) is 26.3 Å². The molecule has 8 heteroatoms. The maximum Gasteiger partial charge on any atom is 0.419 e. The number of hydrogen-bond donors (Lipinski definition) is 1. The van der Waals surface area contributed by atoms with E-state index in [9.17, 15) is 30.7 Å². The normalized spacial score (nSPS) is 12.6. The maximum absolute atomic E-state index is 12.9. The van der Waals surface area contributed by atoms with Crippen molar-refractivity contribution in [3.05, 3.63) is 29.6 Å². The fraction of sp³-hybridized carbons (Fsp3) is 0.455. The Morgan fingerprint density at radius 2 is 1.63 bits per heavy atom. The fourth-order valence-electron chi connectivity index (χ4n) is 1.37. The number of anilines is 1. The molecule has 0 amide bonds. The van der Waals surface area contributed by atoms with Crippen molar-refractivity contribution in [2.45, 2.75) is 25.2 Å². The lowest BCUT2D eigenvalue weighted by molar-refractivity contribution is -0.140. The second-order valence-corrected chi connectivity index (χ2v) is 3.84. The van der Waals surface area contributed by atoms with Crippen molar-refractivity contribution in [2.75, 3.05) is 11.9 Å². The van der Waals surface area contributed by atoms with Gasteiger partial charge in [-0.15, -0.1) is 0 Å². The quantitative estimate of drug-likeness (QED) is 0.631. The molecule has 0 unspecified atom stereocenters. The Kier molecular flexibility index (Phi) is 4.65. The van der Waals surface area contributed by atoms with Gasteiger partial charge >= 0.3 is 12.4 Å².